The van der Waals surface area contributed by atoms with Crippen LogP contribution in [0.25, 0.3) is 0 Å². The number of alkyl halides is 3. The SMILES string of the molecule is CC(C)(C)c1ccc(S(=O)(=O)C(F)(F)F)cc1. The summed E-state index contributed by atoms with van der Waals surface area (Å²) in [5, 5.41) is 0. The molecule has 1 aromatic carbocycles. The van der Waals surface area contributed by atoms with Crippen molar-refractivity contribution in [3.05, 3.63) is 29.8 Å². The van der Waals surface area contributed by atoms with E-state index in [1.807, 2.05) is 20.8 Å². The lowest BCUT2D eigenvalue weighted by atomic mass is 9.87. The first-order valence-corrected chi connectivity index (χ1v) is 6.36. The Morgan fingerprint density at radius 1 is 0.941 bits per heavy atom. The quantitative estimate of drug-likeness (QED) is 0.781. The molecule has 6 heteroatoms. The van der Waals surface area contributed by atoms with E-state index in [4.69, 9.17) is 0 Å². The van der Waals surface area contributed by atoms with Gasteiger partial charge in [0.2, 0.25) is 0 Å². The van der Waals surface area contributed by atoms with Gasteiger partial charge in [0.1, 0.15) is 0 Å². The molecule has 0 aliphatic heterocycles. The highest BCUT2D eigenvalue weighted by molar-refractivity contribution is 7.92. The standard InChI is InChI=1S/C11H13F3O2S/c1-10(2,3)8-4-6-9(7-5-8)17(15,16)11(12,13)14/h4-7H,1-3H3. The molecule has 0 spiro atoms. The van der Waals surface area contributed by atoms with Gasteiger partial charge in [-0.15, -0.1) is 0 Å². The molecule has 0 aliphatic rings. The van der Waals surface area contributed by atoms with Gasteiger partial charge in [-0.25, -0.2) is 8.42 Å². The number of benzene rings is 1. The molecule has 0 saturated heterocycles. The largest absolute Gasteiger partial charge is 0.501 e. The van der Waals surface area contributed by atoms with Crippen molar-refractivity contribution in [1.82, 2.24) is 0 Å². The molecule has 0 aromatic heterocycles. The Kier molecular flexibility index (Phi) is 3.31. The highest BCUT2D eigenvalue weighted by atomic mass is 32.2. The molecule has 17 heavy (non-hydrogen) atoms. The first-order chi connectivity index (χ1) is 7.46. The predicted molar refractivity (Wildman–Crippen MR) is 58.4 cm³/mol. The molecule has 0 aliphatic carbocycles. The van der Waals surface area contributed by atoms with Crippen molar-refractivity contribution >= 4 is 9.84 Å². The van der Waals surface area contributed by atoms with Crippen LogP contribution in [-0.2, 0) is 15.3 Å². The smallest absolute Gasteiger partial charge is 0.214 e. The second-order valence-corrected chi connectivity index (χ2v) is 6.66. The molecule has 0 N–H and O–H groups in total. The summed E-state index contributed by atoms with van der Waals surface area (Å²) in [7, 11) is -5.24. The molecule has 0 radical (unpaired) electrons. The first-order valence-electron chi connectivity index (χ1n) is 4.88. The van der Waals surface area contributed by atoms with Gasteiger partial charge in [-0.05, 0) is 23.1 Å². The third-order valence-electron chi connectivity index (χ3n) is 2.34. The van der Waals surface area contributed by atoms with Crippen LogP contribution in [0.2, 0.25) is 0 Å². The average Bonchev–Trinajstić information content (AvgIpc) is 2.15. The molecule has 0 heterocycles. The lowest BCUT2D eigenvalue weighted by molar-refractivity contribution is -0.0436. The molecule has 1 aromatic rings. The van der Waals surface area contributed by atoms with Crippen LogP contribution in [0.3, 0.4) is 0 Å². The van der Waals surface area contributed by atoms with E-state index >= 15 is 0 Å². The van der Waals surface area contributed by atoms with E-state index in [0.717, 1.165) is 17.7 Å². The Labute approximate surface area is 98.4 Å². The third-order valence-corrected chi connectivity index (χ3v) is 3.84. The number of hydrogen-bond donors (Lipinski definition) is 0. The van der Waals surface area contributed by atoms with Crippen molar-refractivity contribution in [2.45, 2.75) is 36.6 Å². The van der Waals surface area contributed by atoms with Gasteiger partial charge in [-0.3, -0.25) is 0 Å². The fourth-order valence-corrected chi connectivity index (χ4v) is 2.03. The summed E-state index contributed by atoms with van der Waals surface area (Å²) in [6.45, 7) is 5.67. The molecule has 0 bridgehead atoms. The van der Waals surface area contributed by atoms with Crippen LogP contribution in [0.4, 0.5) is 13.2 Å². The Morgan fingerprint density at radius 2 is 1.35 bits per heavy atom. The fraction of sp³-hybridized carbons (Fsp3) is 0.455. The first kappa shape index (κ1) is 14.0. The van der Waals surface area contributed by atoms with Crippen molar-refractivity contribution in [1.29, 1.82) is 0 Å². The van der Waals surface area contributed by atoms with E-state index < -0.39 is 20.2 Å². The van der Waals surface area contributed by atoms with E-state index in [1.54, 1.807) is 0 Å². The lowest BCUT2D eigenvalue weighted by Crippen LogP contribution is -2.23. The molecular weight excluding hydrogens is 253 g/mol. The van der Waals surface area contributed by atoms with E-state index in [1.165, 1.54) is 12.1 Å². The predicted octanol–water partition coefficient (Wildman–Crippen LogP) is 3.28. The third kappa shape index (κ3) is 2.80. The molecule has 1 rings (SSSR count). The zero-order valence-corrected chi connectivity index (χ0v) is 10.5. The summed E-state index contributed by atoms with van der Waals surface area (Å²) >= 11 is 0. The minimum Gasteiger partial charge on any atom is -0.214 e. The Morgan fingerprint density at radius 3 is 1.65 bits per heavy atom. The summed E-state index contributed by atoms with van der Waals surface area (Å²) < 4.78 is 59.0. The molecule has 0 unspecified atom stereocenters. The number of halogens is 3. The van der Waals surface area contributed by atoms with Gasteiger partial charge < -0.3 is 0 Å². The van der Waals surface area contributed by atoms with Crippen molar-refractivity contribution in [3.63, 3.8) is 0 Å². The summed E-state index contributed by atoms with van der Waals surface area (Å²) in [4.78, 5) is -0.724. The molecule has 0 atom stereocenters. The second kappa shape index (κ2) is 4.01. The summed E-state index contributed by atoms with van der Waals surface area (Å²) in [6, 6.07) is 4.78. The van der Waals surface area contributed by atoms with Crippen LogP contribution in [0, 0.1) is 0 Å². The van der Waals surface area contributed by atoms with Crippen molar-refractivity contribution < 1.29 is 21.6 Å². The van der Waals surface area contributed by atoms with Crippen molar-refractivity contribution in [2.75, 3.05) is 0 Å². The van der Waals surface area contributed by atoms with Crippen LogP contribution in [0.15, 0.2) is 29.2 Å². The van der Waals surface area contributed by atoms with Crippen LogP contribution < -0.4 is 0 Å². The van der Waals surface area contributed by atoms with Crippen LogP contribution >= 0.6 is 0 Å². The van der Waals surface area contributed by atoms with Gasteiger partial charge >= 0.3 is 5.51 Å². The van der Waals surface area contributed by atoms with Crippen molar-refractivity contribution in [2.24, 2.45) is 0 Å². The maximum atomic E-state index is 12.3. The highest BCUT2D eigenvalue weighted by Crippen LogP contribution is 2.31. The number of rotatable bonds is 1. The highest BCUT2D eigenvalue weighted by Gasteiger charge is 2.46. The average molecular weight is 266 g/mol. The van der Waals surface area contributed by atoms with Crippen LogP contribution in [-0.4, -0.2) is 13.9 Å². The van der Waals surface area contributed by atoms with E-state index in [2.05, 4.69) is 0 Å². The molecule has 0 fully saturated rings. The van der Waals surface area contributed by atoms with E-state index in [-0.39, 0.29) is 5.41 Å². The summed E-state index contributed by atoms with van der Waals surface area (Å²) in [5.74, 6) is 0. The Balaban J connectivity index is 3.22. The Bertz CT molecular complexity index is 493. The van der Waals surface area contributed by atoms with E-state index in [0.29, 0.717) is 0 Å². The maximum Gasteiger partial charge on any atom is 0.501 e. The number of hydrogen-bond acceptors (Lipinski definition) is 2. The maximum absolute atomic E-state index is 12.3. The lowest BCUT2D eigenvalue weighted by Gasteiger charge is -2.19. The minimum atomic E-state index is -5.25. The van der Waals surface area contributed by atoms with E-state index in [9.17, 15) is 21.6 Å². The normalized spacial score (nSPS) is 13.8. The molecular formula is C11H13F3O2S. The summed E-state index contributed by atoms with van der Waals surface area (Å²) in [5.41, 5.74) is -4.71. The minimum absolute atomic E-state index is 0.236. The van der Waals surface area contributed by atoms with Gasteiger partial charge in [0.25, 0.3) is 9.84 Å². The van der Waals surface area contributed by atoms with Gasteiger partial charge in [0.05, 0.1) is 4.90 Å². The van der Waals surface area contributed by atoms with Crippen molar-refractivity contribution in [3.8, 4) is 0 Å². The van der Waals surface area contributed by atoms with Crippen LogP contribution in [0.5, 0.6) is 0 Å². The molecule has 2 nitrogen and oxygen atoms in total. The second-order valence-electron chi connectivity index (χ2n) is 4.72. The summed E-state index contributed by atoms with van der Waals surface area (Å²) in [6.07, 6.45) is 0. The van der Waals surface area contributed by atoms with Gasteiger partial charge in [0, 0.05) is 0 Å². The monoisotopic (exact) mass is 266 g/mol. The Hall–Kier alpha value is -1.04. The van der Waals surface area contributed by atoms with Gasteiger partial charge in [0.15, 0.2) is 0 Å². The molecule has 0 saturated carbocycles. The molecule has 0 amide bonds. The zero-order chi connectivity index (χ0) is 13.5. The van der Waals surface area contributed by atoms with Gasteiger partial charge in [-0.1, -0.05) is 32.9 Å². The zero-order valence-electron chi connectivity index (χ0n) is 9.67. The fourth-order valence-electron chi connectivity index (χ4n) is 1.27. The topological polar surface area (TPSA) is 34.1 Å². The number of sulfone groups is 1. The van der Waals surface area contributed by atoms with Crippen LogP contribution in [0.1, 0.15) is 26.3 Å². The van der Waals surface area contributed by atoms with Gasteiger partial charge in [-0.2, -0.15) is 13.2 Å². The molecule has 96 valence electrons.